The Kier molecular flexibility index (Phi) is 4.36. The van der Waals surface area contributed by atoms with Crippen molar-refractivity contribution < 1.29 is 4.79 Å². The number of hydrogen-bond acceptors (Lipinski definition) is 4. The van der Waals surface area contributed by atoms with Gasteiger partial charge in [-0.05, 0) is 37.0 Å². The van der Waals surface area contributed by atoms with Crippen molar-refractivity contribution in [2.75, 3.05) is 6.54 Å². The number of aryl methyl sites for hydroxylation is 1. The number of amides is 2. The molecule has 2 aromatic heterocycles. The zero-order valence-corrected chi connectivity index (χ0v) is 14.9. The van der Waals surface area contributed by atoms with E-state index in [0.29, 0.717) is 6.54 Å². The molecule has 0 aliphatic carbocycles. The number of urea groups is 1. The smallest absolute Gasteiger partial charge is 0.318 e. The fourth-order valence-electron chi connectivity index (χ4n) is 3.22. The lowest BCUT2D eigenvalue weighted by molar-refractivity contribution is 0.192. The van der Waals surface area contributed by atoms with E-state index in [1.807, 2.05) is 48.4 Å². The Hall–Kier alpha value is -2.47. The number of carbonyl (C=O) groups excluding carboxylic acids is 1. The molecule has 1 N–H and O–H groups in total. The summed E-state index contributed by atoms with van der Waals surface area (Å²) in [6, 6.07) is 12.1. The number of pyridine rings is 1. The van der Waals surface area contributed by atoms with E-state index in [1.165, 1.54) is 0 Å². The zero-order valence-electron chi connectivity index (χ0n) is 14.1. The van der Waals surface area contributed by atoms with Gasteiger partial charge in [0, 0.05) is 19.3 Å². The second-order valence-electron chi connectivity index (χ2n) is 6.38. The molecule has 1 aliphatic rings. The van der Waals surface area contributed by atoms with Crippen LogP contribution in [0, 0.1) is 6.92 Å². The number of aromatic nitrogens is 2. The third-order valence-electron chi connectivity index (χ3n) is 4.49. The van der Waals surface area contributed by atoms with Gasteiger partial charge in [-0.1, -0.05) is 30.3 Å². The van der Waals surface area contributed by atoms with Crippen LogP contribution in [0.15, 0.2) is 42.6 Å². The Balaban J connectivity index is 1.50. The maximum atomic E-state index is 12.6. The van der Waals surface area contributed by atoms with Crippen LogP contribution in [0.5, 0.6) is 0 Å². The Morgan fingerprint density at radius 2 is 2.20 bits per heavy atom. The highest BCUT2D eigenvalue weighted by molar-refractivity contribution is 7.18. The van der Waals surface area contributed by atoms with Gasteiger partial charge in [0.1, 0.15) is 5.01 Å². The van der Waals surface area contributed by atoms with Crippen LogP contribution in [-0.2, 0) is 6.54 Å². The van der Waals surface area contributed by atoms with Gasteiger partial charge in [-0.3, -0.25) is 0 Å². The molecule has 6 heteroatoms. The standard InChI is InChI=1S/C19H20N4OS/c1-13-10-16-17(20-11-13)22-18(25-16)15-8-5-9-23(15)19(24)21-12-14-6-3-2-4-7-14/h2-4,6-7,10-11,15H,5,8-9,12H2,1H3,(H,21,24). The minimum Gasteiger partial charge on any atom is -0.334 e. The number of likely N-dealkylation sites (tertiary alicyclic amines) is 1. The minimum absolute atomic E-state index is 0.0188. The number of fused-ring (bicyclic) bond motifs is 1. The molecule has 5 nitrogen and oxygen atoms in total. The molecule has 1 saturated heterocycles. The summed E-state index contributed by atoms with van der Waals surface area (Å²) in [5.41, 5.74) is 3.01. The number of hydrogen-bond donors (Lipinski definition) is 1. The van der Waals surface area contributed by atoms with Crippen molar-refractivity contribution in [2.24, 2.45) is 0 Å². The number of benzene rings is 1. The Labute approximate surface area is 150 Å². The lowest BCUT2D eigenvalue weighted by atomic mass is 10.2. The maximum absolute atomic E-state index is 12.6. The van der Waals surface area contributed by atoms with Crippen LogP contribution >= 0.6 is 11.3 Å². The second-order valence-corrected chi connectivity index (χ2v) is 7.44. The molecular weight excluding hydrogens is 332 g/mol. The van der Waals surface area contributed by atoms with Gasteiger partial charge in [0.2, 0.25) is 0 Å². The molecule has 4 rings (SSSR count). The topological polar surface area (TPSA) is 58.1 Å². The first-order valence-corrected chi connectivity index (χ1v) is 9.34. The van der Waals surface area contributed by atoms with Gasteiger partial charge < -0.3 is 10.2 Å². The molecule has 0 radical (unpaired) electrons. The summed E-state index contributed by atoms with van der Waals surface area (Å²) in [7, 11) is 0. The van der Waals surface area contributed by atoms with Crippen LogP contribution in [0.1, 0.15) is 35.0 Å². The summed E-state index contributed by atoms with van der Waals surface area (Å²) < 4.78 is 1.09. The van der Waals surface area contributed by atoms with Crippen LogP contribution in [0.2, 0.25) is 0 Å². The number of nitrogens with zero attached hydrogens (tertiary/aromatic N) is 3. The lowest BCUT2D eigenvalue weighted by Crippen LogP contribution is -2.39. The molecule has 1 aromatic carbocycles. The van der Waals surface area contributed by atoms with E-state index in [1.54, 1.807) is 11.3 Å². The molecule has 0 spiro atoms. The van der Waals surface area contributed by atoms with E-state index >= 15 is 0 Å². The second kappa shape index (κ2) is 6.80. The summed E-state index contributed by atoms with van der Waals surface area (Å²) in [4.78, 5) is 23.6. The summed E-state index contributed by atoms with van der Waals surface area (Å²) >= 11 is 1.65. The fourth-order valence-corrected chi connectivity index (χ4v) is 4.39. The normalized spacial score (nSPS) is 17.2. The van der Waals surface area contributed by atoms with Gasteiger partial charge in [-0.2, -0.15) is 0 Å². The summed E-state index contributed by atoms with van der Waals surface area (Å²) in [6.45, 7) is 3.35. The zero-order chi connectivity index (χ0) is 17.2. The van der Waals surface area contributed by atoms with Crippen LogP contribution in [0.3, 0.4) is 0 Å². The van der Waals surface area contributed by atoms with Gasteiger partial charge in [0.15, 0.2) is 5.65 Å². The minimum atomic E-state index is -0.0188. The molecule has 25 heavy (non-hydrogen) atoms. The summed E-state index contributed by atoms with van der Waals surface area (Å²) in [6.07, 6.45) is 3.80. The van der Waals surface area contributed by atoms with Gasteiger partial charge in [0.05, 0.1) is 10.7 Å². The van der Waals surface area contributed by atoms with E-state index in [4.69, 9.17) is 0 Å². The van der Waals surface area contributed by atoms with Crippen LogP contribution in [0.4, 0.5) is 4.79 Å². The molecule has 1 unspecified atom stereocenters. The molecule has 128 valence electrons. The lowest BCUT2D eigenvalue weighted by Gasteiger charge is -2.23. The Morgan fingerprint density at radius 3 is 3.04 bits per heavy atom. The van der Waals surface area contributed by atoms with Crippen molar-refractivity contribution in [3.05, 3.63) is 58.7 Å². The van der Waals surface area contributed by atoms with E-state index in [0.717, 1.165) is 45.9 Å². The van der Waals surface area contributed by atoms with Gasteiger partial charge in [0.25, 0.3) is 0 Å². The molecule has 0 bridgehead atoms. The van der Waals surface area contributed by atoms with Crippen molar-refractivity contribution in [1.82, 2.24) is 20.2 Å². The van der Waals surface area contributed by atoms with E-state index in [-0.39, 0.29) is 12.1 Å². The number of thiazole rings is 1. The SMILES string of the molecule is Cc1cnc2nc(C3CCCN3C(=O)NCc3ccccc3)sc2c1. The van der Waals surface area contributed by atoms with E-state index in [9.17, 15) is 4.79 Å². The molecule has 3 aromatic rings. The van der Waals surface area contributed by atoms with Crippen LogP contribution < -0.4 is 5.32 Å². The molecule has 0 saturated carbocycles. The predicted octanol–water partition coefficient (Wildman–Crippen LogP) is 4.05. The molecule has 1 fully saturated rings. The summed E-state index contributed by atoms with van der Waals surface area (Å²) in [5.74, 6) is 0. The first kappa shape index (κ1) is 16.0. The first-order valence-electron chi connectivity index (χ1n) is 8.52. The van der Waals surface area contributed by atoms with Crippen molar-refractivity contribution in [2.45, 2.75) is 32.4 Å². The average molecular weight is 352 g/mol. The highest BCUT2D eigenvalue weighted by Crippen LogP contribution is 2.36. The summed E-state index contributed by atoms with van der Waals surface area (Å²) in [5, 5.41) is 4.02. The number of rotatable bonds is 3. The first-order chi connectivity index (χ1) is 12.2. The molecule has 1 atom stereocenters. The highest BCUT2D eigenvalue weighted by Gasteiger charge is 2.32. The van der Waals surface area contributed by atoms with Crippen molar-refractivity contribution in [3.63, 3.8) is 0 Å². The van der Waals surface area contributed by atoms with Crippen molar-refractivity contribution in [1.29, 1.82) is 0 Å². The third kappa shape index (κ3) is 3.35. The maximum Gasteiger partial charge on any atom is 0.318 e. The molecule has 1 aliphatic heterocycles. The quantitative estimate of drug-likeness (QED) is 0.774. The van der Waals surface area contributed by atoms with E-state index in [2.05, 4.69) is 21.4 Å². The molecule has 3 heterocycles. The van der Waals surface area contributed by atoms with Crippen LogP contribution in [0.25, 0.3) is 10.3 Å². The monoisotopic (exact) mass is 352 g/mol. The van der Waals surface area contributed by atoms with Crippen molar-refractivity contribution >= 4 is 27.7 Å². The highest BCUT2D eigenvalue weighted by atomic mass is 32.1. The molecular formula is C19H20N4OS. The Morgan fingerprint density at radius 1 is 1.36 bits per heavy atom. The number of nitrogens with one attached hydrogen (secondary N) is 1. The largest absolute Gasteiger partial charge is 0.334 e. The van der Waals surface area contributed by atoms with Crippen LogP contribution in [-0.4, -0.2) is 27.4 Å². The van der Waals surface area contributed by atoms with E-state index < -0.39 is 0 Å². The average Bonchev–Trinajstić information content (AvgIpc) is 3.26. The van der Waals surface area contributed by atoms with Crippen molar-refractivity contribution in [3.8, 4) is 0 Å². The van der Waals surface area contributed by atoms with Gasteiger partial charge in [-0.25, -0.2) is 14.8 Å². The molecule has 2 amide bonds. The fraction of sp³-hybridized carbons (Fsp3) is 0.316. The Bertz CT molecular complexity index is 893. The third-order valence-corrected chi connectivity index (χ3v) is 5.58. The predicted molar refractivity (Wildman–Crippen MR) is 99.5 cm³/mol. The van der Waals surface area contributed by atoms with Gasteiger partial charge in [-0.15, -0.1) is 11.3 Å². The number of carbonyl (C=O) groups is 1. The van der Waals surface area contributed by atoms with Gasteiger partial charge >= 0.3 is 6.03 Å².